The molecule has 3 aromatic rings. The van der Waals surface area contributed by atoms with Crippen molar-refractivity contribution >= 4 is 46.3 Å². The van der Waals surface area contributed by atoms with Crippen molar-refractivity contribution < 1.29 is 23.8 Å². The van der Waals surface area contributed by atoms with Crippen molar-refractivity contribution in [3.63, 3.8) is 0 Å². The van der Waals surface area contributed by atoms with Crippen LogP contribution in [0.25, 0.3) is 11.1 Å². The highest BCUT2D eigenvalue weighted by molar-refractivity contribution is 6.35. The number of halogens is 3. The average Bonchev–Trinajstić information content (AvgIpc) is 2.95. The zero-order valence-electron chi connectivity index (χ0n) is 21.8. The van der Waals surface area contributed by atoms with Crippen molar-refractivity contribution in [1.29, 1.82) is 0 Å². The molecule has 1 saturated heterocycles. The third kappa shape index (κ3) is 6.79. The lowest BCUT2D eigenvalue weighted by Gasteiger charge is -2.33. The predicted molar refractivity (Wildman–Crippen MR) is 154 cm³/mol. The Morgan fingerprint density at radius 3 is 2.49 bits per heavy atom. The summed E-state index contributed by atoms with van der Waals surface area (Å²) < 4.78 is 20.1. The molecular weight excluding hydrogens is 542 g/mol. The molecule has 0 aromatic heterocycles. The van der Waals surface area contributed by atoms with Crippen molar-refractivity contribution in [2.75, 3.05) is 49.8 Å². The minimum atomic E-state index is -0.687. The topological polar surface area (TPSA) is 70.1 Å². The summed E-state index contributed by atoms with van der Waals surface area (Å²) in [5.41, 5.74) is 3.20. The number of benzene rings is 3. The van der Waals surface area contributed by atoms with E-state index in [9.17, 15) is 14.0 Å². The van der Waals surface area contributed by atoms with Gasteiger partial charge in [0.2, 0.25) is 0 Å². The molecule has 0 atom stereocenters. The molecule has 6 nitrogen and oxygen atoms in total. The zero-order valence-corrected chi connectivity index (χ0v) is 23.3. The SMILES string of the molecule is CN(C(=O)c1c(F)cccc1Cl)c1ccc(-c2cc(C(=O)CCCCCO)ccc2Cl)cc1N1CCOCC1. The number of ether oxygens (including phenoxy) is 1. The van der Waals surface area contributed by atoms with Crippen molar-refractivity contribution in [1.82, 2.24) is 0 Å². The molecule has 1 fully saturated rings. The quantitative estimate of drug-likeness (QED) is 0.217. The van der Waals surface area contributed by atoms with E-state index in [-0.39, 0.29) is 23.0 Å². The summed E-state index contributed by atoms with van der Waals surface area (Å²) >= 11 is 12.8. The number of rotatable bonds is 10. The summed E-state index contributed by atoms with van der Waals surface area (Å²) in [4.78, 5) is 29.7. The van der Waals surface area contributed by atoms with Crippen LogP contribution in [-0.2, 0) is 4.74 Å². The first-order valence-electron chi connectivity index (χ1n) is 12.9. The second-order valence-corrected chi connectivity index (χ2v) is 10.2. The fourth-order valence-electron chi connectivity index (χ4n) is 4.65. The van der Waals surface area contributed by atoms with E-state index in [1.54, 1.807) is 31.3 Å². The predicted octanol–water partition coefficient (Wildman–Crippen LogP) is 6.65. The molecule has 206 valence electrons. The van der Waals surface area contributed by atoms with E-state index in [0.717, 1.165) is 17.7 Å². The smallest absolute Gasteiger partial charge is 0.262 e. The van der Waals surface area contributed by atoms with Crippen LogP contribution in [0, 0.1) is 5.82 Å². The number of morpholine rings is 1. The molecule has 0 aliphatic carbocycles. The molecule has 1 N–H and O–H groups in total. The first kappa shape index (κ1) is 29.0. The van der Waals surface area contributed by atoms with Gasteiger partial charge in [0.05, 0.1) is 35.2 Å². The monoisotopic (exact) mass is 572 g/mol. The van der Waals surface area contributed by atoms with Gasteiger partial charge in [-0.25, -0.2) is 4.39 Å². The second kappa shape index (κ2) is 13.4. The minimum absolute atomic E-state index is 0.0166. The Bertz CT molecular complexity index is 1320. The maximum absolute atomic E-state index is 14.6. The molecular formula is C30H31Cl2FN2O4. The molecule has 3 aromatic carbocycles. The highest BCUT2D eigenvalue weighted by Crippen LogP contribution is 2.38. The molecule has 1 heterocycles. The molecule has 0 unspecified atom stereocenters. The van der Waals surface area contributed by atoms with E-state index >= 15 is 0 Å². The first-order chi connectivity index (χ1) is 18.8. The number of amides is 1. The summed E-state index contributed by atoms with van der Waals surface area (Å²) in [5.74, 6) is -1.23. The Labute approximate surface area is 237 Å². The number of aliphatic hydroxyl groups is 1. The maximum atomic E-state index is 14.6. The molecule has 0 saturated carbocycles. The van der Waals surface area contributed by atoms with E-state index in [1.165, 1.54) is 23.1 Å². The Morgan fingerprint density at radius 2 is 1.77 bits per heavy atom. The molecule has 1 amide bonds. The number of carbonyl (C=O) groups is 2. The fraction of sp³-hybridized carbons (Fsp3) is 0.333. The van der Waals surface area contributed by atoms with Crippen molar-refractivity contribution in [3.05, 3.63) is 81.6 Å². The Balaban J connectivity index is 1.71. The van der Waals surface area contributed by atoms with E-state index in [1.807, 2.05) is 12.1 Å². The summed E-state index contributed by atoms with van der Waals surface area (Å²) in [6.45, 7) is 2.40. The zero-order chi connectivity index (χ0) is 27.9. The summed E-state index contributed by atoms with van der Waals surface area (Å²) in [6.07, 6.45) is 2.57. The van der Waals surface area contributed by atoms with Crippen LogP contribution >= 0.6 is 23.2 Å². The molecule has 0 bridgehead atoms. The lowest BCUT2D eigenvalue weighted by Crippen LogP contribution is -2.38. The van der Waals surface area contributed by atoms with Crippen LogP contribution in [0.5, 0.6) is 0 Å². The van der Waals surface area contributed by atoms with Gasteiger partial charge in [-0.2, -0.15) is 0 Å². The summed E-state index contributed by atoms with van der Waals surface area (Å²) in [5, 5.41) is 9.51. The largest absolute Gasteiger partial charge is 0.396 e. The van der Waals surface area contributed by atoms with Crippen LogP contribution in [0.15, 0.2) is 54.6 Å². The van der Waals surface area contributed by atoms with Crippen LogP contribution < -0.4 is 9.80 Å². The molecule has 39 heavy (non-hydrogen) atoms. The number of Topliss-reactive ketones (excluding diaryl/α,β-unsaturated/α-hetero) is 1. The highest BCUT2D eigenvalue weighted by Gasteiger charge is 2.25. The Hall–Kier alpha value is -2.97. The van der Waals surface area contributed by atoms with Gasteiger partial charge >= 0.3 is 0 Å². The van der Waals surface area contributed by atoms with E-state index in [2.05, 4.69) is 4.90 Å². The third-order valence-electron chi connectivity index (χ3n) is 6.83. The molecule has 1 aliphatic heterocycles. The van der Waals surface area contributed by atoms with Crippen molar-refractivity contribution in [3.8, 4) is 11.1 Å². The molecule has 0 spiro atoms. The number of hydrogen-bond acceptors (Lipinski definition) is 5. The molecule has 9 heteroatoms. The lowest BCUT2D eigenvalue weighted by molar-refractivity contribution is 0.0974. The average molecular weight is 573 g/mol. The number of anilines is 2. The highest BCUT2D eigenvalue weighted by atomic mass is 35.5. The number of unbranched alkanes of at least 4 members (excludes halogenated alkanes) is 2. The van der Waals surface area contributed by atoms with Gasteiger partial charge in [0.15, 0.2) is 5.78 Å². The molecule has 1 aliphatic rings. The molecule has 4 rings (SSSR count). The fourth-order valence-corrected chi connectivity index (χ4v) is 5.12. The van der Waals surface area contributed by atoms with Gasteiger partial charge in [-0.1, -0.05) is 41.8 Å². The van der Waals surface area contributed by atoms with Gasteiger partial charge in [-0.05, 0) is 60.9 Å². The number of aliphatic hydroxyl groups excluding tert-OH is 1. The van der Waals surface area contributed by atoms with Crippen LogP contribution in [0.2, 0.25) is 10.0 Å². The standard InChI is InChI=1S/C30H31Cl2FN2O4/c1-34(30(38)29-24(32)6-5-7-25(29)33)26-12-10-20(19-27(26)35-13-16-39-17-14-35)22-18-21(9-11-23(22)31)28(37)8-3-2-4-15-36/h5-7,9-12,18-19,36H,2-4,8,13-17H2,1H3. The number of carbonyl (C=O) groups excluding carboxylic acids is 2. The number of hydrogen-bond donors (Lipinski definition) is 1. The maximum Gasteiger partial charge on any atom is 0.262 e. The van der Waals surface area contributed by atoms with Crippen molar-refractivity contribution in [2.45, 2.75) is 25.7 Å². The first-order valence-corrected chi connectivity index (χ1v) is 13.7. The summed E-state index contributed by atoms with van der Waals surface area (Å²) in [6, 6.07) is 15.0. The summed E-state index contributed by atoms with van der Waals surface area (Å²) in [7, 11) is 1.59. The van der Waals surface area contributed by atoms with E-state index in [4.69, 9.17) is 33.0 Å². The van der Waals surface area contributed by atoms with Crippen molar-refractivity contribution in [2.24, 2.45) is 0 Å². The van der Waals surface area contributed by atoms with E-state index < -0.39 is 11.7 Å². The van der Waals surface area contributed by atoms with Gasteiger partial charge in [0.25, 0.3) is 5.91 Å². The van der Waals surface area contributed by atoms with Gasteiger partial charge in [0, 0.05) is 49.3 Å². The third-order valence-corrected chi connectivity index (χ3v) is 7.48. The number of ketones is 1. The van der Waals surface area contributed by atoms with Crippen LogP contribution in [0.4, 0.5) is 15.8 Å². The Kier molecular flexibility index (Phi) is 9.97. The van der Waals surface area contributed by atoms with Gasteiger partial charge in [-0.15, -0.1) is 0 Å². The van der Waals surface area contributed by atoms with Crippen LogP contribution in [-0.4, -0.2) is 56.8 Å². The number of nitrogens with zero attached hydrogens (tertiary/aromatic N) is 2. The normalized spacial score (nSPS) is 13.4. The minimum Gasteiger partial charge on any atom is -0.396 e. The van der Waals surface area contributed by atoms with E-state index in [0.29, 0.717) is 67.4 Å². The van der Waals surface area contributed by atoms with Crippen LogP contribution in [0.3, 0.4) is 0 Å². The van der Waals surface area contributed by atoms with Gasteiger partial charge < -0.3 is 19.6 Å². The second-order valence-electron chi connectivity index (χ2n) is 9.42. The van der Waals surface area contributed by atoms with Crippen LogP contribution in [0.1, 0.15) is 46.4 Å². The molecule has 0 radical (unpaired) electrons. The van der Waals surface area contributed by atoms with Gasteiger partial charge in [-0.3, -0.25) is 9.59 Å². The Morgan fingerprint density at radius 1 is 1.00 bits per heavy atom. The lowest BCUT2D eigenvalue weighted by atomic mass is 9.97. The van der Waals surface area contributed by atoms with Gasteiger partial charge in [0.1, 0.15) is 5.82 Å².